The van der Waals surface area contributed by atoms with E-state index in [0.717, 1.165) is 49.9 Å². The molecule has 5 saturated carbocycles. The Bertz CT molecular complexity index is 914. The third-order valence-corrected chi connectivity index (χ3v) is 14.1. The molecule has 0 heterocycles. The largest absolute Gasteiger partial charge is 0.501 e. The summed E-state index contributed by atoms with van der Waals surface area (Å²) < 4.78 is 5.90. The molecule has 0 bridgehead atoms. The van der Waals surface area contributed by atoms with Crippen LogP contribution >= 0.6 is 0 Å². The van der Waals surface area contributed by atoms with Gasteiger partial charge in [-0.25, -0.2) is 0 Å². The number of hydrogen-bond donors (Lipinski definition) is 3. The van der Waals surface area contributed by atoms with Gasteiger partial charge in [0, 0.05) is 10.8 Å². The highest BCUT2D eigenvalue weighted by atomic mass is 16.5. The predicted octanol–water partition coefficient (Wildman–Crippen LogP) is 6.11. The molecular weight excluding hydrogens is 448 g/mol. The van der Waals surface area contributed by atoms with E-state index in [1.165, 1.54) is 25.7 Å². The number of ether oxygens (including phenoxy) is 1. The summed E-state index contributed by atoms with van der Waals surface area (Å²) >= 11 is 0. The van der Waals surface area contributed by atoms with Crippen LogP contribution in [0.4, 0.5) is 0 Å². The van der Waals surface area contributed by atoms with Gasteiger partial charge in [-0.15, -0.1) is 0 Å². The molecular formula is C32H52O4. The molecule has 0 aliphatic heterocycles. The Labute approximate surface area is 219 Å². The lowest BCUT2D eigenvalue weighted by Crippen LogP contribution is -2.67. The molecule has 5 rings (SSSR count). The maximum Gasteiger partial charge on any atom is 0.0948 e. The number of fused-ring (bicyclic) bond motifs is 7. The molecule has 0 saturated heterocycles. The summed E-state index contributed by atoms with van der Waals surface area (Å²) in [4.78, 5) is 0. The summed E-state index contributed by atoms with van der Waals surface area (Å²) in [5.41, 5.74) is 1.16. The summed E-state index contributed by atoms with van der Waals surface area (Å²) in [6.45, 7) is 18.8. The van der Waals surface area contributed by atoms with Crippen molar-refractivity contribution in [3.63, 3.8) is 0 Å². The van der Waals surface area contributed by atoms with Gasteiger partial charge in [0.2, 0.25) is 0 Å². The van der Waals surface area contributed by atoms with Crippen molar-refractivity contribution >= 4 is 0 Å². The van der Waals surface area contributed by atoms with Crippen molar-refractivity contribution in [3.05, 3.63) is 24.5 Å². The van der Waals surface area contributed by atoms with Crippen molar-refractivity contribution in [2.24, 2.45) is 56.7 Å². The van der Waals surface area contributed by atoms with Crippen LogP contribution in [-0.2, 0) is 4.74 Å². The first-order chi connectivity index (χ1) is 16.9. The molecule has 0 aromatic heterocycles. The molecule has 5 fully saturated rings. The Balaban J connectivity index is 1.56. The van der Waals surface area contributed by atoms with Crippen LogP contribution in [-0.4, -0.2) is 41.7 Å². The molecule has 0 aromatic carbocycles. The van der Waals surface area contributed by atoms with Crippen molar-refractivity contribution in [2.75, 3.05) is 20.3 Å². The molecule has 4 unspecified atom stereocenters. The second-order valence-electron chi connectivity index (χ2n) is 14.7. The van der Waals surface area contributed by atoms with E-state index in [1.54, 1.807) is 7.11 Å². The fourth-order valence-electron chi connectivity index (χ4n) is 11.9. The number of methoxy groups -OCH3 is 1. The number of allylic oxidation sites excluding steroid dienone is 1. The minimum Gasteiger partial charge on any atom is -0.501 e. The van der Waals surface area contributed by atoms with Crippen molar-refractivity contribution in [2.45, 2.75) is 98.0 Å². The monoisotopic (exact) mass is 500 g/mol. The van der Waals surface area contributed by atoms with Crippen LogP contribution in [0.3, 0.4) is 0 Å². The maximum absolute atomic E-state index is 11.0. The van der Waals surface area contributed by atoms with E-state index in [-0.39, 0.29) is 34.9 Å². The molecule has 0 aromatic rings. The van der Waals surface area contributed by atoms with E-state index in [2.05, 4.69) is 40.9 Å². The number of aliphatic hydroxyl groups excluding tert-OH is 3. The lowest BCUT2D eigenvalue weighted by Gasteiger charge is -2.73. The zero-order valence-electron chi connectivity index (χ0n) is 23.6. The molecule has 0 amide bonds. The van der Waals surface area contributed by atoms with Crippen LogP contribution < -0.4 is 0 Å². The Morgan fingerprint density at radius 3 is 2.19 bits per heavy atom. The van der Waals surface area contributed by atoms with E-state index in [9.17, 15) is 15.3 Å². The van der Waals surface area contributed by atoms with Crippen LogP contribution in [0.5, 0.6) is 0 Å². The SMILES string of the molecule is C=C(CO)C1CC[C@]2(C(=C)OC)CC[C@]3(C)C(CCC4[C@@]5(C)CC[C@H](O)[C@@](C)(CO)[C@@H]5CC[C@]43C)C12. The van der Waals surface area contributed by atoms with Crippen molar-refractivity contribution in [1.29, 1.82) is 0 Å². The van der Waals surface area contributed by atoms with Crippen LogP contribution in [0.1, 0.15) is 91.9 Å². The number of rotatable bonds is 5. The first-order valence-electron chi connectivity index (χ1n) is 14.7. The average molecular weight is 501 g/mol. The molecule has 11 atom stereocenters. The fraction of sp³-hybridized carbons (Fsp3) is 0.875. The lowest BCUT2D eigenvalue weighted by molar-refractivity contribution is -0.253. The van der Waals surface area contributed by atoms with E-state index < -0.39 is 11.5 Å². The van der Waals surface area contributed by atoms with Gasteiger partial charge >= 0.3 is 0 Å². The molecule has 5 aliphatic rings. The fourth-order valence-corrected chi connectivity index (χ4v) is 11.9. The minimum atomic E-state index is -0.407. The van der Waals surface area contributed by atoms with E-state index in [0.29, 0.717) is 29.6 Å². The van der Waals surface area contributed by atoms with Crippen LogP contribution in [0.15, 0.2) is 24.5 Å². The molecule has 0 radical (unpaired) electrons. The van der Waals surface area contributed by atoms with Gasteiger partial charge in [0.25, 0.3) is 0 Å². The highest BCUT2D eigenvalue weighted by Gasteiger charge is 2.71. The molecule has 36 heavy (non-hydrogen) atoms. The van der Waals surface area contributed by atoms with Crippen LogP contribution in [0.2, 0.25) is 0 Å². The molecule has 3 N–H and O–H groups in total. The highest BCUT2D eigenvalue weighted by Crippen LogP contribution is 2.78. The van der Waals surface area contributed by atoms with Crippen molar-refractivity contribution < 1.29 is 20.1 Å². The Morgan fingerprint density at radius 1 is 0.833 bits per heavy atom. The maximum atomic E-state index is 11.0. The summed E-state index contributed by atoms with van der Waals surface area (Å²) in [6.07, 6.45) is 10.6. The second kappa shape index (κ2) is 8.58. The van der Waals surface area contributed by atoms with E-state index in [4.69, 9.17) is 4.74 Å². The van der Waals surface area contributed by atoms with E-state index >= 15 is 0 Å². The van der Waals surface area contributed by atoms with Crippen molar-refractivity contribution in [3.8, 4) is 0 Å². The Morgan fingerprint density at radius 2 is 1.56 bits per heavy atom. The first-order valence-corrected chi connectivity index (χ1v) is 14.7. The average Bonchev–Trinajstić information content (AvgIpc) is 3.26. The predicted molar refractivity (Wildman–Crippen MR) is 144 cm³/mol. The van der Waals surface area contributed by atoms with Crippen LogP contribution in [0, 0.1) is 56.7 Å². The molecule has 4 nitrogen and oxygen atoms in total. The lowest BCUT2D eigenvalue weighted by atomic mass is 9.32. The molecule has 5 aliphatic carbocycles. The number of hydrogen-bond acceptors (Lipinski definition) is 4. The number of aliphatic hydroxyl groups is 3. The quantitative estimate of drug-likeness (QED) is 0.315. The molecule has 0 spiro atoms. The van der Waals surface area contributed by atoms with Gasteiger partial charge in [0.1, 0.15) is 0 Å². The smallest absolute Gasteiger partial charge is 0.0948 e. The van der Waals surface area contributed by atoms with Gasteiger partial charge in [0.15, 0.2) is 0 Å². The molecule has 204 valence electrons. The topological polar surface area (TPSA) is 69.9 Å². The summed E-state index contributed by atoms with van der Waals surface area (Å²) in [5, 5.41) is 31.6. The van der Waals surface area contributed by atoms with Gasteiger partial charge in [-0.1, -0.05) is 40.9 Å². The first kappa shape index (κ1) is 26.8. The normalized spacial score (nSPS) is 54.0. The van der Waals surface area contributed by atoms with Gasteiger partial charge in [-0.05, 0) is 116 Å². The summed E-state index contributed by atoms with van der Waals surface area (Å²) in [7, 11) is 1.78. The minimum absolute atomic E-state index is 0.00356. The Kier molecular flexibility index (Phi) is 6.38. The third kappa shape index (κ3) is 3.10. The van der Waals surface area contributed by atoms with Crippen molar-refractivity contribution in [1.82, 2.24) is 0 Å². The summed E-state index contributed by atoms with van der Waals surface area (Å²) in [6, 6.07) is 0. The van der Waals surface area contributed by atoms with Crippen LogP contribution in [0.25, 0.3) is 0 Å². The molecule has 4 heteroatoms. The zero-order valence-corrected chi connectivity index (χ0v) is 23.6. The van der Waals surface area contributed by atoms with Gasteiger partial charge in [-0.2, -0.15) is 0 Å². The second-order valence-corrected chi connectivity index (χ2v) is 14.7. The van der Waals surface area contributed by atoms with Gasteiger partial charge in [-0.3, -0.25) is 0 Å². The van der Waals surface area contributed by atoms with E-state index in [1.807, 2.05) is 0 Å². The standard InChI is InChI=1S/C32H52O4/c1-20(18-33)22-10-15-32(21(2)36-7)17-16-30(5)23(27(22)32)8-9-25-28(3)13-12-26(35)29(4,19-34)24(28)11-14-31(25,30)6/h22-27,33-35H,1-2,8-19H2,3-7H3/t22?,23?,24-,25?,26+,27?,28+,29+,30-,31-,32-/m1/s1. The Hall–Kier alpha value is -0.840. The zero-order chi connectivity index (χ0) is 26.3. The third-order valence-electron chi connectivity index (χ3n) is 14.1. The van der Waals surface area contributed by atoms with Gasteiger partial charge in [0.05, 0.1) is 32.2 Å². The van der Waals surface area contributed by atoms with Gasteiger partial charge < -0.3 is 20.1 Å². The highest BCUT2D eigenvalue weighted by molar-refractivity contribution is 5.26. The summed E-state index contributed by atoms with van der Waals surface area (Å²) in [5.74, 6) is 3.24.